The second-order valence-electron chi connectivity index (χ2n) is 9.94. The van der Waals surface area contributed by atoms with Gasteiger partial charge in [0.05, 0.1) is 12.2 Å². The van der Waals surface area contributed by atoms with E-state index < -0.39 is 0 Å². The Morgan fingerprint density at radius 1 is 0.958 bits per heavy atom. The van der Waals surface area contributed by atoms with Gasteiger partial charge in [-0.25, -0.2) is 0 Å². The molecule has 0 aromatic carbocycles. The highest BCUT2D eigenvalue weighted by Gasteiger charge is 2.63. The third kappa shape index (κ3) is 2.13. The van der Waals surface area contributed by atoms with Crippen LogP contribution in [0.15, 0.2) is 0 Å². The van der Waals surface area contributed by atoms with Crippen LogP contribution in [0.1, 0.15) is 72.1 Å². The summed E-state index contributed by atoms with van der Waals surface area (Å²) in [4.78, 5) is 12.2. The summed E-state index contributed by atoms with van der Waals surface area (Å²) in [6.07, 6.45) is 7.92. The quantitative estimate of drug-likeness (QED) is 0.771. The highest BCUT2D eigenvalue weighted by molar-refractivity contribution is 5.79. The molecule has 0 unspecified atom stereocenters. The molecule has 4 saturated carbocycles. The van der Waals surface area contributed by atoms with E-state index in [2.05, 4.69) is 13.8 Å². The van der Waals surface area contributed by atoms with Gasteiger partial charge in [-0.3, -0.25) is 4.79 Å². The minimum Gasteiger partial charge on any atom is -0.393 e. The molecule has 0 amide bonds. The molecule has 0 aromatic rings. The molecule has 0 spiro atoms. The summed E-state index contributed by atoms with van der Waals surface area (Å²) >= 11 is 0. The Balaban J connectivity index is 1.66. The van der Waals surface area contributed by atoms with Crippen molar-refractivity contribution in [1.82, 2.24) is 0 Å². The van der Waals surface area contributed by atoms with Crippen LogP contribution in [0.3, 0.4) is 0 Å². The van der Waals surface area contributed by atoms with Crippen molar-refractivity contribution in [3.63, 3.8) is 0 Å². The van der Waals surface area contributed by atoms with Crippen LogP contribution in [0.25, 0.3) is 0 Å². The number of hydrogen-bond donors (Lipinski definition) is 2. The molecule has 2 N–H and O–H groups in total. The molecule has 0 saturated heterocycles. The van der Waals surface area contributed by atoms with Crippen LogP contribution in [0.2, 0.25) is 0 Å². The number of Topliss-reactive ketones (excluding diaryl/α,β-unsaturated/α-hetero) is 1. The maximum atomic E-state index is 12.2. The van der Waals surface area contributed by atoms with Gasteiger partial charge < -0.3 is 10.2 Å². The van der Waals surface area contributed by atoms with E-state index in [4.69, 9.17) is 0 Å². The fraction of sp³-hybridized carbons (Fsp3) is 0.952. The van der Waals surface area contributed by atoms with E-state index in [-0.39, 0.29) is 34.7 Å². The Labute approximate surface area is 146 Å². The number of fused-ring (bicyclic) bond motifs is 5. The van der Waals surface area contributed by atoms with Crippen LogP contribution in [-0.4, -0.2) is 28.2 Å². The highest BCUT2D eigenvalue weighted by atomic mass is 16.3. The zero-order valence-corrected chi connectivity index (χ0v) is 15.5. The molecule has 0 aromatic heterocycles. The molecule has 24 heavy (non-hydrogen) atoms. The van der Waals surface area contributed by atoms with E-state index in [1.54, 1.807) is 6.92 Å². The van der Waals surface area contributed by atoms with Crippen LogP contribution in [0.5, 0.6) is 0 Å². The Morgan fingerprint density at radius 3 is 2.42 bits per heavy atom. The van der Waals surface area contributed by atoms with Gasteiger partial charge in [0.1, 0.15) is 5.78 Å². The Bertz CT molecular complexity index is 531. The van der Waals surface area contributed by atoms with E-state index in [1.807, 2.05) is 0 Å². The van der Waals surface area contributed by atoms with Crippen molar-refractivity contribution in [1.29, 1.82) is 0 Å². The van der Waals surface area contributed by atoms with E-state index in [9.17, 15) is 15.0 Å². The second kappa shape index (κ2) is 5.54. The maximum Gasteiger partial charge on any atom is 0.133 e. The van der Waals surface area contributed by atoms with E-state index in [1.165, 1.54) is 12.8 Å². The monoisotopic (exact) mass is 334 g/mol. The Kier molecular flexibility index (Phi) is 3.93. The van der Waals surface area contributed by atoms with E-state index >= 15 is 0 Å². The molecule has 136 valence electrons. The lowest BCUT2D eigenvalue weighted by atomic mass is 9.44. The first-order chi connectivity index (χ1) is 11.3. The average Bonchev–Trinajstić information content (AvgIpc) is 2.88. The predicted molar refractivity (Wildman–Crippen MR) is 93.3 cm³/mol. The summed E-state index contributed by atoms with van der Waals surface area (Å²) in [6.45, 7) is 6.36. The summed E-state index contributed by atoms with van der Waals surface area (Å²) in [5.74, 6) is 2.69. The van der Waals surface area contributed by atoms with Gasteiger partial charge >= 0.3 is 0 Å². The van der Waals surface area contributed by atoms with Crippen LogP contribution in [0, 0.1) is 40.4 Å². The van der Waals surface area contributed by atoms with E-state index in [0.29, 0.717) is 23.7 Å². The largest absolute Gasteiger partial charge is 0.393 e. The fourth-order valence-electron chi connectivity index (χ4n) is 7.86. The number of rotatable bonds is 1. The number of carbonyl (C=O) groups is 1. The number of hydrogen-bond acceptors (Lipinski definition) is 3. The molecular weight excluding hydrogens is 300 g/mol. The number of aliphatic hydroxyl groups is 2. The van der Waals surface area contributed by atoms with Crippen LogP contribution >= 0.6 is 0 Å². The zero-order valence-electron chi connectivity index (χ0n) is 15.5. The lowest BCUT2D eigenvalue weighted by Crippen LogP contribution is -2.58. The summed E-state index contributed by atoms with van der Waals surface area (Å²) < 4.78 is 0. The molecular formula is C21H34O3. The van der Waals surface area contributed by atoms with Crippen LogP contribution in [-0.2, 0) is 4.79 Å². The minimum absolute atomic E-state index is 0.0529. The average molecular weight is 335 g/mol. The second-order valence-corrected chi connectivity index (χ2v) is 9.94. The molecule has 0 radical (unpaired) electrons. The third-order valence-electron chi connectivity index (χ3n) is 9.24. The molecule has 0 aliphatic heterocycles. The number of carbonyl (C=O) groups excluding carboxylic acids is 1. The first kappa shape index (κ1) is 17.0. The smallest absolute Gasteiger partial charge is 0.133 e. The highest BCUT2D eigenvalue weighted by Crippen LogP contribution is 2.67. The lowest BCUT2D eigenvalue weighted by molar-refractivity contribution is -0.173. The van der Waals surface area contributed by atoms with Gasteiger partial charge in [0.25, 0.3) is 0 Å². The lowest BCUT2D eigenvalue weighted by Gasteiger charge is -2.62. The molecule has 4 aliphatic rings. The van der Waals surface area contributed by atoms with Crippen molar-refractivity contribution >= 4 is 5.78 Å². The van der Waals surface area contributed by atoms with Crippen LogP contribution in [0.4, 0.5) is 0 Å². The molecule has 3 nitrogen and oxygen atoms in total. The number of ketones is 1. The Hall–Kier alpha value is -0.410. The zero-order chi connectivity index (χ0) is 17.3. The van der Waals surface area contributed by atoms with Crippen molar-refractivity contribution < 1.29 is 15.0 Å². The van der Waals surface area contributed by atoms with Crippen molar-refractivity contribution in [3.8, 4) is 0 Å². The van der Waals surface area contributed by atoms with Gasteiger partial charge in [0.15, 0.2) is 0 Å². The van der Waals surface area contributed by atoms with Gasteiger partial charge in [-0.15, -0.1) is 0 Å². The van der Waals surface area contributed by atoms with Crippen molar-refractivity contribution in [2.75, 3.05) is 0 Å². The van der Waals surface area contributed by atoms with Gasteiger partial charge in [-0.2, -0.15) is 0 Å². The van der Waals surface area contributed by atoms with E-state index in [0.717, 1.165) is 38.5 Å². The van der Waals surface area contributed by atoms with Gasteiger partial charge in [-0.05, 0) is 87.4 Å². The molecule has 3 heteroatoms. The molecule has 0 heterocycles. The Morgan fingerprint density at radius 2 is 1.71 bits per heavy atom. The summed E-state index contributed by atoms with van der Waals surface area (Å²) in [6, 6.07) is 0. The topological polar surface area (TPSA) is 57.5 Å². The van der Waals surface area contributed by atoms with Gasteiger partial charge in [-0.1, -0.05) is 13.8 Å². The minimum atomic E-state index is -0.345. The maximum absolute atomic E-state index is 12.2. The molecule has 4 rings (SSSR count). The third-order valence-corrected chi connectivity index (χ3v) is 9.24. The summed E-state index contributed by atoms with van der Waals surface area (Å²) in [5, 5.41) is 21.3. The first-order valence-corrected chi connectivity index (χ1v) is 10.1. The molecule has 0 bridgehead atoms. The fourth-order valence-corrected chi connectivity index (χ4v) is 7.86. The standard InChI is InChI=1S/C21H34O3/c1-12(22)16-6-7-17-15-5-4-13-10-14(23)8-9-20(13,2)18(15)11-19(24)21(16,17)3/h13-19,23-24H,4-11H2,1-3H3/t13-,14-,15+,16-,17+,18+,19-,20-,21+/m0/s1. The molecule has 4 aliphatic carbocycles. The van der Waals surface area contributed by atoms with Crippen molar-refractivity contribution in [2.45, 2.75) is 84.3 Å². The van der Waals surface area contributed by atoms with Crippen molar-refractivity contribution in [3.05, 3.63) is 0 Å². The number of aliphatic hydroxyl groups excluding tert-OH is 2. The van der Waals surface area contributed by atoms with Crippen molar-refractivity contribution in [2.24, 2.45) is 40.4 Å². The van der Waals surface area contributed by atoms with Crippen LogP contribution < -0.4 is 0 Å². The summed E-state index contributed by atoms with van der Waals surface area (Å²) in [7, 11) is 0. The first-order valence-electron chi connectivity index (χ1n) is 10.1. The van der Waals surface area contributed by atoms with Gasteiger partial charge in [0, 0.05) is 11.3 Å². The van der Waals surface area contributed by atoms with Gasteiger partial charge in [0.2, 0.25) is 0 Å². The molecule has 9 atom stereocenters. The summed E-state index contributed by atoms with van der Waals surface area (Å²) in [5.41, 5.74) is 0.0726. The predicted octanol–water partition coefficient (Wildman–Crippen LogP) is 3.57. The normalized spacial score (nSPS) is 57.0. The SMILES string of the molecule is CC(=O)[C@@H]1CC[C@@H]2[C@H]3CC[C@H]4C[C@@H](O)CC[C@]4(C)[C@@H]3C[C@H](O)[C@@]21C. The molecule has 4 fully saturated rings.